The Hall–Kier alpha value is -1.00. The van der Waals surface area contributed by atoms with Gasteiger partial charge in [0.05, 0.1) is 6.54 Å². The van der Waals surface area contributed by atoms with Crippen LogP contribution in [0.5, 0.6) is 0 Å². The highest BCUT2D eigenvalue weighted by molar-refractivity contribution is 7.98. The van der Waals surface area contributed by atoms with E-state index in [1.165, 1.54) is 0 Å². The van der Waals surface area contributed by atoms with E-state index < -0.39 is 0 Å². The first kappa shape index (κ1) is 15.1. The molecule has 3 nitrogen and oxygen atoms in total. The summed E-state index contributed by atoms with van der Waals surface area (Å²) in [6.07, 6.45) is 3.18. The van der Waals surface area contributed by atoms with E-state index in [0.717, 1.165) is 23.4 Å². The molecule has 1 atom stereocenters. The predicted octanol–water partition coefficient (Wildman–Crippen LogP) is 2.66. The van der Waals surface area contributed by atoms with E-state index in [4.69, 9.17) is 0 Å². The molecule has 0 aliphatic rings. The number of carbonyl (C=O) groups is 1. The van der Waals surface area contributed by atoms with Crippen LogP contribution < -0.4 is 10.6 Å². The maximum Gasteiger partial charge on any atom is 0.238 e. The summed E-state index contributed by atoms with van der Waals surface area (Å²) in [4.78, 5) is 11.8. The smallest absolute Gasteiger partial charge is 0.238 e. The topological polar surface area (TPSA) is 41.1 Å². The van der Waals surface area contributed by atoms with Gasteiger partial charge in [-0.1, -0.05) is 18.2 Å². The zero-order valence-electron chi connectivity index (χ0n) is 11.3. The maximum atomic E-state index is 11.8. The molecule has 1 amide bonds. The van der Waals surface area contributed by atoms with Crippen molar-refractivity contribution in [2.75, 3.05) is 23.9 Å². The zero-order chi connectivity index (χ0) is 13.4. The van der Waals surface area contributed by atoms with Crippen LogP contribution in [0.1, 0.15) is 18.9 Å². The standard InChI is InChI=1S/C14H22N2OS/c1-11-6-4-5-7-13(11)16-14(17)10-15-12(2)8-9-18-3/h4-7,12,15H,8-10H2,1-3H3,(H,16,17). The van der Waals surface area contributed by atoms with Crippen LogP contribution in [0.3, 0.4) is 0 Å². The van der Waals surface area contributed by atoms with Gasteiger partial charge in [-0.2, -0.15) is 11.8 Å². The molecule has 0 aliphatic carbocycles. The van der Waals surface area contributed by atoms with E-state index in [0.29, 0.717) is 12.6 Å². The van der Waals surface area contributed by atoms with Gasteiger partial charge in [0, 0.05) is 11.7 Å². The van der Waals surface area contributed by atoms with Crippen molar-refractivity contribution in [2.45, 2.75) is 26.3 Å². The van der Waals surface area contributed by atoms with Crippen molar-refractivity contribution in [3.63, 3.8) is 0 Å². The molecule has 0 saturated carbocycles. The molecule has 0 radical (unpaired) electrons. The number of benzene rings is 1. The maximum absolute atomic E-state index is 11.8. The number of carbonyl (C=O) groups excluding carboxylic acids is 1. The number of nitrogens with one attached hydrogen (secondary N) is 2. The number of hydrogen-bond donors (Lipinski definition) is 2. The monoisotopic (exact) mass is 266 g/mol. The minimum atomic E-state index is 0.0142. The van der Waals surface area contributed by atoms with E-state index in [2.05, 4.69) is 23.8 Å². The fourth-order valence-electron chi connectivity index (χ4n) is 1.57. The Kier molecular flexibility index (Phi) is 6.83. The molecule has 0 aliphatic heterocycles. The number of rotatable bonds is 7. The van der Waals surface area contributed by atoms with Gasteiger partial charge >= 0.3 is 0 Å². The van der Waals surface area contributed by atoms with Gasteiger partial charge in [-0.25, -0.2) is 0 Å². The van der Waals surface area contributed by atoms with Gasteiger partial charge in [-0.15, -0.1) is 0 Å². The second-order valence-electron chi connectivity index (χ2n) is 4.43. The minimum Gasteiger partial charge on any atom is -0.325 e. The lowest BCUT2D eigenvalue weighted by molar-refractivity contribution is -0.115. The molecule has 0 bridgehead atoms. The second kappa shape index (κ2) is 8.16. The highest BCUT2D eigenvalue weighted by Crippen LogP contribution is 2.12. The number of thioether (sulfide) groups is 1. The molecule has 0 fully saturated rings. The average Bonchev–Trinajstić information content (AvgIpc) is 2.36. The summed E-state index contributed by atoms with van der Waals surface area (Å²) < 4.78 is 0. The predicted molar refractivity (Wildman–Crippen MR) is 80.3 cm³/mol. The molecular formula is C14H22N2OS. The summed E-state index contributed by atoms with van der Waals surface area (Å²) in [5.74, 6) is 1.13. The third-order valence-electron chi connectivity index (χ3n) is 2.79. The molecule has 0 heterocycles. The van der Waals surface area contributed by atoms with E-state index in [1.807, 2.05) is 43.0 Å². The van der Waals surface area contributed by atoms with Crippen molar-refractivity contribution in [2.24, 2.45) is 0 Å². The van der Waals surface area contributed by atoms with Crippen LogP contribution in [-0.2, 0) is 4.79 Å². The Bertz CT molecular complexity index is 382. The molecule has 0 aromatic heterocycles. The average molecular weight is 266 g/mol. The van der Waals surface area contributed by atoms with Crippen molar-refractivity contribution in [3.8, 4) is 0 Å². The molecule has 1 aromatic rings. The largest absolute Gasteiger partial charge is 0.325 e. The molecule has 18 heavy (non-hydrogen) atoms. The van der Waals surface area contributed by atoms with Gasteiger partial charge in [-0.3, -0.25) is 4.79 Å². The van der Waals surface area contributed by atoms with Crippen LogP contribution in [0.4, 0.5) is 5.69 Å². The summed E-state index contributed by atoms with van der Waals surface area (Å²) in [5, 5.41) is 6.15. The van der Waals surface area contributed by atoms with Crippen molar-refractivity contribution >= 4 is 23.4 Å². The van der Waals surface area contributed by atoms with Crippen LogP contribution in [0.2, 0.25) is 0 Å². The van der Waals surface area contributed by atoms with Crippen molar-refractivity contribution < 1.29 is 4.79 Å². The number of para-hydroxylation sites is 1. The first-order valence-electron chi connectivity index (χ1n) is 6.21. The fourth-order valence-corrected chi connectivity index (χ4v) is 2.16. The van der Waals surface area contributed by atoms with Gasteiger partial charge in [0.1, 0.15) is 0 Å². The summed E-state index contributed by atoms with van der Waals surface area (Å²) >= 11 is 1.83. The van der Waals surface area contributed by atoms with Gasteiger partial charge < -0.3 is 10.6 Å². The molecule has 100 valence electrons. The van der Waals surface area contributed by atoms with E-state index in [-0.39, 0.29) is 5.91 Å². The first-order chi connectivity index (χ1) is 8.63. The minimum absolute atomic E-state index is 0.0142. The Morgan fingerprint density at radius 3 is 2.78 bits per heavy atom. The quantitative estimate of drug-likeness (QED) is 0.797. The van der Waals surface area contributed by atoms with Crippen LogP contribution in [0, 0.1) is 6.92 Å². The van der Waals surface area contributed by atoms with E-state index in [1.54, 1.807) is 0 Å². The number of anilines is 1. The van der Waals surface area contributed by atoms with Crippen molar-refractivity contribution in [1.82, 2.24) is 5.32 Å². The Morgan fingerprint density at radius 1 is 1.39 bits per heavy atom. The lowest BCUT2D eigenvalue weighted by Crippen LogP contribution is -2.34. The van der Waals surface area contributed by atoms with E-state index in [9.17, 15) is 4.79 Å². The summed E-state index contributed by atoms with van der Waals surface area (Å²) in [6.45, 7) is 4.46. The SMILES string of the molecule is CSCCC(C)NCC(=O)Nc1ccccc1C. The number of amides is 1. The molecule has 0 saturated heterocycles. The van der Waals surface area contributed by atoms with Gasteiger partial charge in [0.15, 0.2) is 0 Å². The third kappa shape index (κ3) is 5.56. The highest BCUT2D eigenvalue weighted by atomic mass is 32.2. The number of aryl methyl sites for hydroxylation is 1. The second-order valence-corrected chi connectivity index (χ2v) is 5.41. The van der Waals surface area contributed by atoms with E-state index >= 15 is 0 Å². The summed E-state index contributed by atoms with van der Waals surface area (Å²) in [5.41, 5.74) is 1.97. The summed E-state index contributed by atoms with van der Waals surface area (Å²) in [6, 6.07) is 8.18. The molecule has 1 unspecified atom stereocenters. The highest BCUT2D eigenvalue weighted by Gasteiger charge is 2.06. The molecule has 1 aromatic carbocycles. The van der Waals surface area contributed by atoms with Crippen molar-refractivity contribution in [3.05, 3.63) is 29.8 Å². The normalized spacial score (nSPS) is 12.2. The zero-order valence-corrected chi connectivity index (χ0v) is 12.1. The fraction of sp³-hybridized carbons (Fsp3) is 0.500. The molecule has 0 spiro atoms. The Balaban J connectivity index is 2.32. The number of hydrogen-bond acceptors (Lipinski definition) is 3. The lowest BCUT2D eigenvalue weighted by atomic mass is 10.2. The Labute approximate surface area is 114 Å². The molecule has 4 heteroatoms. The van der Waals surface area contributed by atoms with Crippen molar-refractivity contribution in [1.29, 1.82) is 0 Å². The van der Waals surface area contributed by atoms with Gasteiger partial charge in [0.25, 0.3) is 0 Å². The van der Waals surface area contributed by atoms with Gasteiger partial charge in [-0.05, 0) is 43.9 Å². The molecule has 2 N–H and O–H groups in total. The van der Waals surface area contributed by atoms with Crippen LogP contribution in [0.15, 0.2) is 24.3 Å². The first-order valence-corrected chi connectivity index (χ1v) is 7.60. The van der Waals surface area contributed by atoms with Crippen LogP contribution in [0.25, 0.3) is 0 Å². The molecular weight excluding hydrogens is 244 g/mol. The van der Waals surface area contributed by atoms with Crippen LogP contribution in [-0.4, -0.2) is 30.5 Å². The Morgan fingerprint density at radius 2 is 2.11 bits per heavy atom. The summed E-state index contributed by atoms with van der Waals surface area (Å²) in [7, 11) is 0. The van der Waals surface area contributed by atoms with Crippen LogP contribution >= 0.6 is 11.8 Å². The van der Waals surface area contributed by atoms with Gasteiger partial charge in [0.2, 0.25) is 5.91 Å². The third-order valence-corrected chi connectivity index (χ3v) is 3.43. The molecule has 1 rings (SSSR count). The lowest BCUT2D eigenvalue weighted by Gasteiger charge is -2.13.